The summed E-state index contributed by atoms with van der Waals surface area (Å²) in [4.78, 5) is 10.2. The Hall–Kier alpha value is -1.24. The summed E-state index contributed by atoms with van der Waals surface area (Å²) in [6, 6.07) is 3.01. The van der Waals surface area contributed by atoms with E-state index in [-0.39, 0.29) is 18.1 Å². The van der Waals surface area contributed by atoms with Crippen LogP contribution in [0, 0.1) is 15.9 Å². The van der Waals surface area contributed by atoms with Gasteiger partial charge in [0.2, 0.25) is 0 Å². The minimum Gasteiger partial charge on any atom is -0.330 e. The number of hydrogen-bond donors (Lipinski definition) is 2. The van der Waals surface area contributed by atoms with E-state index < -0.39 is 16.8 Å². The van der Waals surface area contributed by atoms with E-state index in [9.17, 15) is 14.5 Å². The largest absolute Gasteiger partial charge is 0.330 e. The van der Waals surface area contributed by atoms with E-state index in [1.165, 1.54) is 12.1 Å². The predicted octanol–water partition coefficient (Wildman–Crippen LogP) is 2.28. The normalized spacial score (nSPS) is 11.7. The van der Waals surface area contributed by atoms with Gasteiger partial charge in [0.15, 0.2) is 0 Å². The summed E-state index contributed by atoms with van der Waals surface area (Å²) in [7, 11) is 0. The van der Waals surface area contributed by atoms with Gasteiger partial charge in [-0.15, -0.1) is 12.4 Å². The number of halogens is 2. The summed E-state index contributed by atoms with van der Waals surface area (Å²) in [5.74, 6) is -0.630. The fraction of sp³-hybridized carbons (Fsp3) is 0.455. The smallest absolute Gasteiger partial charge is 0.277 e. The van der Waals surface area contributed by atoms with Gasteiger partial charge in [-0.3, -0.25) is 10.1 Å². The summed E-state index contributed by atoms with van der Waals surface area (Å²) < 4.78 is 12.9. The average molecular weight is 278 g/mol. The van der Waals surface area contributed by atoms with E-state index in [0.29, 0.717) is 18.5 Å². The first kappa shape index (κ1) is 16.8. The molecule has 0 aliphatic rings. The number of nitro groups is 1. The van der Waals surface area contributed by atoms with Crippen LogP contribution in [0.5, 0.6) is 0 Å². The highest BCUT2D eigenvalue weighted by atomic mass is 35.5. The number of nitro benzene ring substituents is 1. The van der Waals surface area contributed by atoms with Gasteiger partial charge in [-0.05, 0) is 31.5 Å². The molecule has 7 heteroatoms. The maximum atomic E-state index is 12.9. The van der Waals surface area contributed by atoms with Gasteiger partial charge in [0.25, 0.3) is 5.69 Å². The Labute approximate surface area is 111 Å². The van der Waals surface area contributed by atoms with Crippen molar-refractivity contribution in [3.05, 3.63) is 39.7 Å². The van der Waals surface area contributed by atoms with Crippen LogP contribution in [0.25, 0.3) is 0 Å². The Bertz CT molecular complexity index is 404. The molecule has 0 aromatic heterocycles. The van der Waals surface area contributed by atoms with Gasteiger partial charge in [0, 0.05) is 11.6 Å². The standard InChI is InChI=1S/C11H16FN3O2.ClH/c12-8-4-5-9(11(7-8)15(16)17)10(14)3-1-2-6-13;/h4-5,7,10H,1-3,6,13-14H2;1H/t10-;/m0./s1. The van der Waals surface area contributed by atoms with Gasteiger partial charge in [-0.2, -0.15) is 0 Å². The molecule has 1 rings (SSSR count). The zero-order chi connectivity index (χ0) is 12.8. The van der Waals surface area contributed by atoms with Crippen molar-refractivity contribution in [2.45, 2.75) is 25.3 Å². The number of rotatable bonds is 6. The summed E-state index contributed by atoms with van der Waals surface area (Å²) in [5, 5.41) is 10.8. The van der Waals surface area contributed by atoms with Crippen LogP contribution in [0.2, 0.25) is 0 Å². The Kier molecular flexibility index (Phi) is 7.42. The molecule has 1 aromatic carbocycles. The maximum absolute atomic E-state index is 12.9. The van der Waals surface area contributed by atoms with Crippen molar-refractivity contribution in [3.63, 3.8) is 0 Å². The summed E-state index contributed by atoms with van der Waals surface area (Å²) >= 11 is 0. The first-order valence-electron chi connectivity index (χ1n) is 5.45. The van der Waals surface area contributed by atoms with Gasteiger partial charge in [-0.25, -0.2) is 4.39 Å². The molecular formula is C11H17ClFN3O2. The molecular weight excluding hydrogens is 261 g/mol. The highest BCUT2D eigenvalue weighted by molar-refractivity contribution is 5.85. The van der Waals surface area contributed by atoms with Crippen molar-refractivity contribution in [2.24, 2.45) is 11.5 Å². The Balaban J connectivity index is 0.00000289. The second-order valence-corrected chi connectivity index (χ2v) is 3.85. The van der Waals surface area contributed by atoms with Crippen LogP contribution >= 0.6 is 12.4 Å². The van der Waals surface area contributed by atoms with Crippen molar-refractivity contribution in [1.29, 1.82) is 0 Å². The Morgan fingerprint density at radius 2 is 2.06 bits per heavy atom. The second kappa shape index (κ2) is 7.97. The number of unbranched alkanes of at least 4 members (excludes halogenated alkanes) is 1. The molecule has 1 aromatic rings. The molecule has 0 spiro atoms. The van der Waals surface area contributed by atoms with Gasteiger partial charge < -0.3 is 11.5 Å². The van der Waals surface area contributed by atoms with Crippen molar-refractivity contribution in [2.75, 3.05) is 6.54 Å². The molecule has 1 atom stereocenters. The van der Waals surface area contributed by atoms with Crippen LogP contribution in [-0.4, -0.2) is 11.5 Å². The van der Waals surface area contributed by atoms with Gasteiger partial charge in [-0.1, -0.05) is 6.42 Å². The highest BCUT2D eigenvalue weighted by Crippen LogP contribution is 2.27. The van der Waals surface area contributed by atoms with E-state index in [1.54, 1.807) is 0 Å². The molecule has 0 saturated carbocycles. The lowest BCUT2D eigenvalue weighted by atomic mass is 10.00. The lowest BCUT2D eigenvalue weighted by Crippen LogP contribution is -2.13. The monoisotopic (exact) mass is 277 g/mol. The molecule has 0 bridgehead atoms. The summed E-state index contributed by atoms with van der Waals surface area (Å²) in [6.45, 7) is 0.568. The van der Waals surface area contributed by atoms with E-state index in [2.05, 4.69) is 0 Å². The molecule has 0 aliphatic heterocycles. The topological polar surface area (TPSA) is 95.2 Å². The van der Waals surface area contributed by atoms with Crippen LogP contribution in [-0.2, 0) is 0 Å². The molecule has 0 fully saturated rings. The molecule has 4 N–H and O–H groups in total. The fourth-order valence-electron chi connectivity index (χ4n) is 1.65. The van der Waals surface area contributed by atoms with Crippen molar-refractivity contribution >= 4 is 18.1 Å². The third kappa shape index (κ3) is 4.56. The lowest BCUT2D eigenvalue weighted by molar-refractivity contribution is -0.385. The zero-order valence-electron chi connectivity index (χ0n) is 9.84. The van der Waals surface area contributed by atoms with Crippen LogP contribution < -0.4 is 11.5 Å². The number of nitrogens with two attached hydrogens (primary N) is 2. The van der Waals surface area contributed by atoms with E-state index in [4.69, 9.17) is 11.5 Å². The second-order valence-electron chi connectivity index (χ2n) is 3.85. The first-order valence-corrected chi connectivity index (χ1v) is 5.45. The highest BCUT2D eigenvalue weighted by Gasteiger charge is 2.19. The minimum absolute atomic E-state index is 0. The summed E-state index contributed by atoms with van der Waals surface area (Å²) in [6.07, 6.45) is 2.22. The van der Waals surface area contributed by atoms with Crippen molar-refractivity contribution < 1.29 is 9.31 Å². The van der Waals surface area contributed by atoms with E-state index in [1.807, 2.05) is 0 Å². The molecule has 0 radical (unpaired) electrons. The van der Waals surface area contributed by atoms with E-state index in [0.717, 1.165) is 18.9 Å². The number of nitrogens with zero attached hydrogens (tertiary/aromatic N) is 1. The summed E-state index contributed by atoms with van der Waals surface area (Å²) in [5.41, 5.74) is 11.3. The van der Waals surface area contributed by atoms with Crippen LogP contribution in [0.1, 0.15) is 30.9 Å². The van der Waals surface area contributed by atoms with Crippen LogP contribution in [0.4, 0.5) is 10.1 Å². The average Bonchev–Trinajstić information content (AvgIpc) is 2.29. The third-order valence-electron chi connectivity index (χ3n) is 2.56. The molecule has 0 saturated heterocycles. The molecule has 0 amide bonds. The Morgan fingerprint density at radius 1 is 1.39 bits per heavy atom. The van der Waals surface area contributed by atoms with Crippen molar-refractivity contribution in [1.82, 2.24) is 0 Å². The van der Waals surface area contributed by atoms with Gasteiger partial charge >= 0.3 is 0 Å². The van der Waals surface area contributed by atoms with Crippen LogP contribution in [0.15, 0.2) is 18.2 Å². The van der Waals surface area contributed by atoms with Gasteiger partial charge in [0.05, 0.1) is 11.0 Å². The van der Waals surface area contributed by atoms with Gasteiger partial charge in [0.1, 0.15) is 5.82 Å². The predicted molar refractivity (Wildman–Crippen MR) is 70.1 cm³/mol. The lowest BCUT2D eigenvalue weighted by Gasteiger charge is -2.11. The fourth-order valence-corrected chi connectivity index (χ4v) is 1.65. The number of hydrogen-bond acceptors (Lipinski definition) is 4. The Morgan fingerprint density at radius 3 is 2.61 bits per heavy atom. The quantitative estimate of drug-likeness (QED) is 0.474. The molecule has 102 valence electrons. The molecule has 0 unspecified atom stereocenters. The number of benzene rings is 1. The van der Waals surface area contributed by atoms with E-state index >= 15 is 0 Å². The SMILES string of the molecule is Cl.NCCCC[C@H](N)c1ccc(F)cc1[N+](=O)[O-]. The molecule has 18 heavy (non-hydrogen) atoms. The van der Waals surface area contributed by atoms with Crippen molar-refractivity contribution in [3.8, 4) is 0 Å². The van der Waals surface area contributed by atoms with Crippen LogP contribution in [0.3, 0.4) is 0 Å². The first-order chi connectivity index (χ1) is 8.06. The zero-order valence-corrected chi connectivity index (χ0v) is 10.7. The maximum Gasteiger partial charge on any atom is 0.277 e. The molecule has 0 heterocycles. The minimum atomic E-state index is -0.630. The molecule has 0 aliphatic carbocycles. The molecule has 5 nitrogen and oxygen atoms in total. The third-order valence-corrected chi connectivity index (χ3v) is 2.56.